The number of nitrogens with zero attached hydrogens (tertiary/aromatic N) is 2. The van der Waals surface area contributed by atoms with Gasteiger partial charge in [-0.3, -0.25) is 4.79 Å². The lowest BCUT2D eigenvalue weighted by Gasteiger charge is -2.15. The van der Waals surface area contributed by atoms with Gasteiger partial charge in [0.15, 0.2) is 0 Å². The lowest BCUT2D eigenvalue weighted by atomic mass is 10.1. The lowest BCUT2D eigenvalue weighted by Crippen LogP contribution is -2.27. The van der Waals surface area contributed by atoms with Gasteiger partial charge < -0.3 is 4.90 Å². The number of thiazole rings is 1. The molecule has 1 aromatic heterocycles. The number of fused-ring (bicyclic) bond motifs is 1. The Hall–Kier alpha value is -2.20. The summed E-state index contributed by atoms with van der Waals surface area (Å²) in [5.41, 5.74) is 2.04. The van der Waals surface area contributed by atoms with Crippen molar-refractivity contribution in [3.8, 4) is 0 Å². The van der Waals surface area contributed by atoms with E-state index in [1.54, 1.807) is 16.2 Å². The van der Waals surface area contributed by atoms with Crippen LogP contribution in [-0.4, -0.2) is 22.8 Å². The zero-order chi connectivity index (χ0) is 14.7. The first-order valence-corrected chi connectivity index (χ1v) is 7.66. The fraction of sp³-hybridized carbons (Fsp3) is 0.176. The zero-order valence-corrected chi connectivity index (χ0v) is 12.6. The van der Waals surface area contributed by atoms with E-state index in [0.717, 1.165) is 20.8 Å². The first kappa shape index (κ1) is 13.8. The average Bonchev–Trinajstić information content (AvgIpc) is 2.90. The molecule has 3 rings (SSSR count). The smallest absolute Gasteiger partial charge is 0.227 e. The van der Waals surface area contributed by atoms with Gasteiger partial charge in [0.2, 0.25) is 5.91 Å². The van der Waals surface area contributed by atoms with Crippen molar-refractivity contribution in [2.75, 3.05) is 7.05 Å². The van der Waals surface area contributed by atoms with Gasteiger partial charge in [0.1, 0.15) is 5.01 Å². The molecule has 0 bridgehead atoms. The Morgan fingerprint density at radius 3 is 2.57 bits per heavy atom. The third-order valence-corrected chi connectivity index (χ3v) is 4.36. The van der Waals surface area contributed by atoms with E-state index in [1.807, 2.05) is 55.6 Å². The van der Waals surface area contributed by atoms with E-state index >= 15 is 0 Å². The molecule has 0 aliphatic heterocycles. The molecule has 2 aromatic carbocycles. The quantitative estimate of drug-likeness (QED) is 0.738. The van der Waals surface area contributed by atoms with Crippen LogP contribution in [0.5, 0.6) is 0 Å². The number of amides is 1. The maximum Gasteiger partial charge on any atom is 0.227 e. The maximum absolute atomic E-state index is 12.2. The molecule has 3 aromatic rings. The van der Waals surface area contributed by atoms with Crippen molar-refractivity contribution in [3.63, 3.8) is 0 Å². The third-order valence-electron chi connectivity index (χ3n) is 3.33. The van der Waals surface area contributed by atoms with Crippen LogP contribution in [0.2, 0.25) is 0 Å². The van der Waals surface area contributed by atoms with Gasteiger partial charge in [-0.1, -0.05) is 42.5 Å². The third kappa shape index (κ3) is 3.28. The van der Waals surface area contributed by atoms with Crippen molar-refractivity contribution in [1.29, 1.82) is 0 Å². The zero-order valence-electron chi connectivity index (χ0n) is 11.8. The highest BCUT2D eigenvalue weighted by atomic mass is 32.1. The van der Waals surface area contributed by atoms with Crippen LogP contribution < -0.4 is 0 Å². The Kier molecular flexibility index (Phi) is 3.97. The largest absolute Gasteiger partial charge is 0.339 e. The SMILES string of the molecule is CN(Cc1nc2ccccc2s1)C(=O)Cc1ccccc1. The van der Waals surface area contributed by atoms with Crippen LogP contribution in [0.3, 0.4) is 0 Å². The summed E-state index contributed by atoms with van der Waals surface area (Å²) < 4.78 is 1.16. The second kappa shape index (κ2) is 6.06. The van der Waals surface area contributed by atoms with E-state index in [4.69, 9.17) is 0 Å². The Morgan fingerprint density at radius 2 is 1.81 bits per heavy atom. The van der Waals surface area contributed by atoms with Gasteiger partial charge in [0.25, 0.3) is 0 Å². The van der Waals surface area contributed by atoms with Crippen LogP contribution in [0.1, 0.15) is 10.6 Å². The summed E-state index contributed by atoms with van der Waals surface area (Å²) in [5.74, 6) is 0.112. The van der Waals surface area contributed by atoms with E-state index in [1.165, 1.54) is 0 Å². The molecule has 0 saturated carbocycles. The molecule has 1 heterocycles. The first-order chi connectivity index (χ1) is 10.2. The fourth-order valence-electron chi connectivity index (χ4n) is 2.18. The van der Waals surface area contributed by atoms with E-state index in [0.29, 0.717) is 13.0 Å². The minimum atomic E-state index is 0.112. The van der Waals surface area contributed by atoms with Crippen molar-refractivity contribution in [2.24, 2.45) is 0 Å². The monoisotopic (exact) mass is 296 g/mol. The van der Waals surface area contributed by atoms with E-state index < -0.39 is 0 Å². The molecule has 0 radical (unpaired) electrons. The Labute approximate surface area is 127 Å². The predicted octanol–water partition coefficient (Wildman–Crippen LogP) is 3.50. The van der Waals surface area contributed by atoms with Gasteiger partial charge in [-0.15, -0.1) is 11.3 Å². The highest BCUT2D eigenvalue weighted by Gasteiger charge is 2.12. The molecular weight excluding hydrogens is 280 g/mol. The molecule has 0 N–H and O–H groups in total. The van der Waals surface area contributed by atoms with Gasteiger partial charge >= 0.3 is 0 Å². The minimum Gasteiger partial charge on any atom is -0.339 e. The molecule has 0 saturated heterocycles. The molecule has 1 amide bonds. The molecule has 0 atom stereocenters. The molecular formula is C17H16N2OS. The van der Waals surface area contributed by atoms with Crippen LogP contribution in [0.25, 0.3) is 10.2 Å². The number of carbonyl (C=O) groups excluding carboxylic acids is 1. The summed E-state index contributed by atoms with van der Waals surface area (Å²) in [6.45, 7) is 0.561. The Balaban J connectivity index is 1.67. The molecule has 0 fully saturated rings. The summed E-state index contributed by atoms with van der Waals surface area (Å²) >= 11 is 1.64. The summed E-state index contributed by atoms with van der Waals surface area (Å²) in [5, 5.41) is 0.972. The molecule has 0 spiro atoms. The first-order valence-electron chi connectivity index (χ1n) is 6.85. The second-order valence-electron chi connectivity index (χ2n) is 4.99. The van der Waals surface area contributed by atoms with Gasteiger partial charge in [-0.05, 0) is 17.7 Å². The van der Waals surface area contributed by atoms with E-state index in [9.17, 15) is 4.79 Å². The molecule has 21 heavy (non-hydrogen) atoms. The van der Waals surface area contributed by atoms with Crippen molar-refractivity contribution in [3.05, 3.63) is 65.2 Å². The standard InChI is InChI=1S/C17H16N2OS/c1-19(17(20)11-13-7-3-2-4-8-13)12-16-18-14-9-5-6-10-15(14)21-16/h2-10H,11-12H2,1H3. The second-order valence-corrected chi connectivity index (χ2v) is 6.10. The maximum atomic E-state index is 12.2. The number of hydrogen-bond donors (Lipinski definition) is 0. The number of para-hydroxylation sites is 1. The van der Waals surface area contributed by atoms with Crippen LogP contribution >= 0.6 is 11.3 Å². The van der Waals surface area contributed by atoms with Crippen LogP contribution in [-0.2, 0) is 17.8 Å². The Morgan fingerprint density at radius 1 is 1.10 bits per heavy atom. The summed E-state index contributed by atoms with van der Waals surface area (Å²) in [4.78, 5) is 18.5. The van der Waals surface area contributed by atoms with Crippen molar-refractivity contribution in [1.82, 2.24) is 9.88 Å². The van der Waals surface area contributed by atoms with Gasteiger partial charge in [-0.25, -0.2) is 4.98 Å². The number of benzene rings is 2. The normalized spacial score (nSPS) is 10.7. The predicted molar refractivity (Wildman–Crippen MR) is 86.2 cm³/mol. The van der Waals surface area contributed by atoms with Gasteiger partial charge in [-0.2, -0.15) is 0 Å². The fourth-order valence-corrected chi connectivity index (χ4v) is 3.20. The number of aromatic nitrogens is 1. The highest BCUT2D eigenvalue weighted by Crippen LogP contribution is 2.22. The van der Waals surface area contributed by atoms with Crippen molar-refractivity contribution in [2.45, 2.75) is 13.0 Å². The van der Waals surface area contributed by atoms with E-state index in [-0.39, 0.29) is 5.91 Å². The van der Waals surface area contributed by atoms with Gasteiger partial charge in [0, 0.05) is 7.05 Å². The highest BCUT2D eigenvalue weighted by molar-refractivity contribution is 7.18. The van der Waals surface area contributed by atoms with Crippen molar-refractivity contribution < 1.29 is 4.79 Å². The average molecular weight is 296 g/mol. The molecule has 0 unspecified atom stereocenters. The van der Waals surface area contributed by atoms with Crippen LogP contribution in [0, 0.1) is 0 Å². The van der Waals surface area contributed by atoms with Crippen LogP contribution in [0.15, 0.2) is 54.6 Å². The molecule has 3 nitrogen and oxygen atoms in total. The molecule has 0 aliphatic rings. The minimum absolute atomic E-state index is 0.112. The number of rotatable bonds is 4. The van der Waals surface area contributed by atoms with Gasteiger partial charge in [0.05, 0.1) is 23.2 Å². The number of carbonyl (C=O) groups is 1. The molecule has 4 heteroatoms. The van der Waals surface area contributed by atoms with Crippen molar-refractivity contribution >= 4 is 27.5 Å². The number of likely N-dealkylation sites (N-methyl/N-ethyl adjacent to an activating group) is 1. The topological polar surface area (TPSA) is 33.2 Å². The molecule has 0 aliphatic carbocycles. The Bertz CT molecular complexity index is 719. The van der Waals surface area contributed by atoms with Crippen LogP contribution in [0.4, 0.5) is 0 Å². The lowest BCUT2D eigenvalue weighted by molar-refractivity contribution is -0.129. The summed E-state index contributed by atoms with van der Waals surface area (Å²) in [6, 6.07) is 17.9. The number of hydrogen-bond acceptors (Lipinski definition) is 3. The molecule has 106 valence electrons. The summed E-state index contributed by atoms with van der Waals surface area (Å²) in [6.07, 6.45) is 0.433. The van der Waals surface area contributed by atoms with E-state index in [2.05, 4.69) is 11.1 Å². The summed E-state index contributed by atoms with van der Waals surface area (Å²) in [7, 11) is 1.83.